The summed E-state index contributed by atoms with van der Waals surface area (Å²) in [7, 11) is 0. The average Bonchev–Trinajstić information content (AvgIpc) is 2.45. The molecule has 4 heteroatoms. The summed E-state index contributed by atoms with van der Waals surface area (Å²) < 4.78 is 19.1. The van der Waals surface area contributed by atoms with Crippen LogP contribution in [0.5, 0.6) is 5.75 Å². The fraction of sp³-hybridized carbons (Fsp3) is 0.188. The second-order valence-corrected chi connectivity index (χ2v) is 5.01. The number of nitrogens with zero attached hydrogens (tertiary/aromatic N) is 1. The normalized spacial score (nSPS) is 10.1. The van der Waals surface area contributed by atoms with E-state index in [0.717, 1.165) is 16.9 Å². The van der Waals surface area contributed by atoms with Gasteiger partial charge in [0.25, 0.3) is 0 Å². The molecule has 0 N–H and O–H groups in total. The third-order valence-electron chi connectivity index (χ3n) is 2.91. The first-order valence-corrected chi connectivity index (χ1v) is 7.23. The highest BCUT2D eigenvalue weighted by Gasteiger charge is 2.07. The van der Waals surface area contributed by atoms with E-state index in [4.69, 9.17) is 10.00 Å². The van der Waals surface area contributed by atoms with Crippen LogP contribution < -0.4 is 4.74 Å². The molecule has 0 saturated carbocycles. The lowest BCUT2D eigenvalue weighted by Gasteiger charge is -2.13. The second-order valence-electron chi connectivity index (χ2n) is 4.45. The summed E-state index contributed by atoms with van der Waals surface area (Å²) in [5, 5.41) is 9.53. The first-order chi connectivity index (χ1) is 9.63. The summed E-state index contributed by atoms with van der Waals surface area (Å²) >= 11 is 3.42. The molecular formula is C16H13BrFNO. The summed E-state index contributed by atoms with van der Waals surface area (Å²) in [6, 6.07) is 12.1. The molecule has 0 aliphatic heterocycles. The zero-order valence-electron chi connectivity index (χ0n) is 11.0. The van der Waals surface area contributed by atoms with Crippen molar-refractivity contribution in [1.29, 1.82) is 5.26 Å². The van der Waals surface area contributed by atoms with Crippen molar-refractivity contribution in [2.45, 2.75) is 18.9 Å². The molecule has 2 rings (SSSR count). The Bertz CT molecular complexity index is 664. The first-order valence-electron chi connectivity index (χ1n) is 6.11. The number of rotatable bonds is 4. The van der Waals surface area contributed by atoms with Crippen LogP contribution >= 0.6 is 15.9 Å². The van der Waals surface area contributed by atoms with Crippen molar-refractivity contribution >= 4 is 15.9 Å². The Morgan fingerprint density at radius 3 is 2.80 bits per heavy atom. The van der Waals surface area contributed by atoms with Crippen molar-refractivity contribution in [3.05, 3.63) is 64.5 Å². The van der Waals surface area contributed by atoms with E-state index in [2.05, 4.69) is 15.9 Å². The molecule has 0 saturated heterocycles. The maximum Gasteiger partial charge on any atom is 0.126 e. The van der Waals surface area contributed by atoms with E-state index in [0.29, 0.717) is 16.5 Å². The lowest BCUT2D eigenvalue weighted by atomic mass is 10.1. The van der Waals surface area contributed by atoms with E-state index in [1.807, 2.05) is 31.2 Å². The van der Waals surface area contributed by atoms with Gasteiger partial charge in [-0.2, -0.15) is 5.26 Å². The molecular weight excluding hydrogens is 321 g/mol. The minimum Gasteiger partial charge on any atom is -0.488 e. The van der Waals surface area contributed by atoms with Gasteiger partial charge in [-0.05, 0) is 36.2 Å². The van der Waals surface area contributed by atoms with Gasteiger partial charge < -0.3 is 4.74 Å². The predicted octanol–water partition coefficient (Wildman–Crippen LogP) is 4.48. The van der Waals surface area contributed by atoms with Crippen molar-refractivity contribution in [2.24, 2.45) is 0 Å². The molecule has 2 nitrogen and oxygen atoms in total. The largest absolute Gasteiger partial charge is 0.488 e. The van der Waals surface area contributed by atoms with Gasteiger partial charge in [0.05, 0.1) is 11.6 Å². The van der Waals surface area contributed by atoms with Crippen LogP contribution in [0.3, 0.4) is 0 Å². The number of alkyl halides is 1. The summed E-state index contributed by atoms with van der Waals surface area (Å²) in [6.07, 6.45) is 0. The second kappa shape index (κ2) is 6.53. The van der Waals surface area contributed by atoms with Crippen LogP contribution in [0.2, 0.25) is 0 Å². The Hall–Kier alpha value is -1.86. The Morgan fingerprint density at radius 1 is 1.30 bits per heavy atom. The summed E-state index contributed by atoms with van der Waals surface area (Å²) in [5.41, 5.74) is 3.01. The van der Waals surface area contributed by atoms with Crippen molar-refractivity contribution in [1.82, 2.24) is 0 Å². The summed E-state index contributed by atoms with van der Waals surface area (Å²) in [4.78, 5) is 0. The van der Waals surface area contributed by atoms with Crippen LogP contribution in [-0.4, -0.2) is 0 Å². The van der Waals surface area contributed by atoms with E-state index in [1.54, 1.807) is 6.07 Å². The summed E-state index contributed by atoms with van der Waals surface area (Å²) in [5.74, 6) is 0.375. The van der Waals surface area contributed by atoms with E-state index in [9.17, 15) is 4.39 Å². The maximum absolute atomic E-state index is 13.4. The van der Waals surface area contributed by atoms with Crippen LogP contribution in [0.15, 0.2) is 36.4 Å². The topological polar surface area (TPSA) is 33.0 Å². The monoisotopic (exact) mass is 333 g/mol. The highest BCUT2D eigenvalue weighted by atomic mass is 79.9. The van der Waals surface area contributed by atoms with Crippen molar-refractivity contribution in [3.63, 3.8) is 0 Å². The Morgan fingerprint density at radius 2 is 2.10 bits per heavy atom. The molecule has 2 aromatic carbocycles. The third-order valence-corrected chi connectivity index (χ3v) is 3.51. The Labute approximate surface area is 125 Å². The number of nitriles is 1. The fourth-order valence-electron chi connectivity index (χ4n) is 1.98. The molecule has 0 aromatic heterocycles. The standard InChI is InChI=1S/C16H13BrFNO/c1-11-3-2-4-14(8-17)16(11)20-10-13-5-12(9-19)6-15(18)7-13/h2-7H,8,10H2,1H3. The molecule has 0 fully saturated rings. The highest BCUT2D eigenvalue weighted by molar-refractivity contribution is 9.08. The van der Waals surface area contributed by atoms with E-state index >= 15 is 0 Å². The van der Waals surface area contributed by atoms with Gasteiger partial charge >= 0.3 is 0 Å². The molecule has 2 aromatic rings. The molecule has 0 aliphatic rings. The zero-order chi connectivity index (χ0) is 14.5. The zero-order valence-corrected chi connectivity index (χ0v) is 12.6. The smallest absolute Gasteiger partial charge is 0.126 e. The minimum absolute atomic E-state index is 0.233. The number of hydrogen-bond donors (Lipinski definition) is 0. The number of aryl methyl sites for hydroxylation is 1. The molecule has 0 atom stereocenters. The molecule has 0 amide bonds. The van der Waals surface area contributed by atoms with Crippen LogP contribution in [0.1, 0.15) is 22.3 Å². The van der Waals surface area contributed by atoms with Gasteiger partial charge in [0, 0.05) is 10.9 Å². The van der Waals surface area contributed by atoms with Gasteiger partial charge in [0.15, 0.2) is 0 Å². The van der Waals surface area contributed by atoms with Gasteiger partial charge in [0.2, 0.25) is 0 Å². The number of halogens is 2. The van der Waals surface area contributed by atoms with E-state index in [-0.39, 0.29) is 6.61 Å². The number of benzene rings is 2. The average molecular weight is 334 g/mol. The van der Waals surface area contributed by atoms with Gasteiger partial charge in [-0.15, -0.1) is 0 Å². The minimum atomic E-state index is -0.423. The molecule has 0 aliphatic carbocycles. The van der Waals surface area contributed by atoms with Crippen LogP contribution in [0, 0.1) is 24.1 Å². The van der Waals surface area contributed by atoms with Crippen molar-refractivity contribution in [2.75, 3.05) is 0 Å². The van der Waals surface area contributed by atoms with Crippen LogP contribution in [0.4, 0.5) is 4.39 Å². The first kappa shape index (κ1) is 14.5. The van der Waals surface area contributed by atoms with Crippen molar-refractivity contribution in [3.8, 4) is 11.8 Å². The Kier molecular flexibility index (Phi) is 4.75. The van der Waals surface area contributed by atoms with Gasteiger partial charge in [-0.3, -0.25) is 0 Å². The molecule has 0 radical (unpaired) electrons. The molecule has 0 unspecified atom stereocenters. The molecule has 0 spiro atoms. The molecule has 0 heterocycles. The maximum atomic E-state index is 13.4. The van der Waals surface area contributed by atoms with Crippen LogP contribution in [0.25, 0.3) is 0 Å². The van der Waals surface area contributed by atoms with Crippen LogP contribution in [-0.2, 0) is 11.9 Å². The van der Waals surface area contributed by atoms with E-state index < -0.39 is 5.82 Å². The summed E-state index contributed by atoms with van der Waals surface area (Å²) in [6.45, 7) is 2.20. The number of para-hydroxylation sites is 1. The quantitative estimate of drug-likeness (QED) is 0.773. The molecule has 0 bridgehead atoms. The Balaban J connectivity index is 2.21. The lowest BCUT2D eigenvalue weighted by Crippen LogP contribution is -2.00. The predicted molar refractivity (Wildman–Crippen MR) is 79.3 cm³/mol. The highest BCUT2D eigenvalue weighted by Crippen LogP contribution is 2.26. The molecule has 102 valence electrons. The fourth-order valence-corrected chi connectivity index (χ4v) is 2.42. The lowest BCUT2D eigenvalue weighted by molar-refractivity contribution is 0.301. The van der Waals surface area contributed by atoms with Gasteiger partial charge in [0.1, 0.15) is 18.2 Å². The van der Waals surface area contributed by atoms with Crippen molar-refractivity contribution < 1.29 is 9.13 Å². The number of hydrogen-bond acceptors (Lipinski definition) is 2. The SMILES string of the molecule is Cc1cccc(CBr)c1OCc1cc(F)cc(C#N)c1. The van der Waals surface area contributed by atoms with Gasteiger partial charge in [-0.1, -0.05) is 34.1 Å². The molecule has 20 heavy (non-hydrogen) atoms. The number of ether oxygens (including phenoxy) is 1. The van der Waals surface area contributed by atoms with Gasteiger partial charge in [-0.25, -0.2) is 4.39 Å². The van der Waals surface area contributed by atoms with E-state index in [1.165, 1.54) is 12.1 Å². The third kappa shape index (κ3) is 3.37.